The van der Waals surface area contributed by atoms with Gasteiger partial charge in [0.25, 0.3) is 0 Å². The zero-order valence-corrected chi connectivity index (χ0v) is 12.0. The molecule has 1 heterocycles. The summed E-state index contributed by atoms with van der Waals surface area (Å²) in [4.78, 5) is 14.8. The van der Waals surface area contributed by atoms with Crippen LogP contribution in [0, 0.1) is 17.0 Å². The maximum Gasteiger partial charge on any atom is 0.333 e. The number of nitro groups is 1. The van der Waals surface area contributed by atoms with Crippen molar-refractivity contribution in [2.75, 3.05) is 5.32 Å². The van der Waals surface area contributed by atoms with Crippen LogP contribution in [0.5, 0.6) is 5.75 Å². The fraction of sp³-hybridized carbons (Fsp3) is 0.385. The van der Waals surface area contributed by atoms with E-state index in [1.807, 2.05) is 13.8 Å². The van der Waals surface area contributed by atoms with Crippen LogP contribution < -0.4 is 10.1 Å². The van der Waals surface area contributed by atoms with E-state index in [2.05, 4.69) is 15.5 Å². The average Bonchev–Trinajstić information content (AvgIpc) is 2.81. The van der Waals surface area contributed by atoms with Crippen molar-refractivity contribution in [3.63, 3.8) is 0 Å². The molecule has 1 aromatic carbocycles. The summed E-state index contributed by atoms with van der Waals surface area (Å²) < 4.78 is 10.3. The van der Waals surface area contributed by atoms with E-state index in [0.717, 1.165) is 0 Å². The van der Waals surface area contributed by atoms with Gasteiger partial charge in [-0.1, -0.05) is 11.2 Å². The van der Waals surface area contributed by atoms with Crippen molar-refractivity contribution < 1.29 is 14.2 Å². The van der Waals surface area contributed by atoms with Gasteiger partial charge in [0.2, 0.25) is 5.89 Å². The average molecular weight is 292 g/mol. The van der Waals surface area contributed by atoms with Crippen molar-refractivity contribution in [2.45, 2.75) is 33.4 Å². The van der Waals surface area contributed by atoms with Gasteiger partial charge in [0, 0.05) is 6.92 Å². The first-order valence-corrected chi connectivity index (χ1v) is 6.44. The number of aryl methyl sites for hydroxylation is 1. The number of ether oxygens (including phenoxy) is 1. The first kappa shape index (κ1) is 14.8. The lowest BCUT2D eigenvalue weighted by Gasteiger charge is -2.12. The fourth-order valence-electron chi connectivity index (χ4n) is 1.79. The van der Waals surface area contributed by atoms with Crippen LogP contribution in [0.3, 0.4) is 0 Å². The number of rotatable bonds is 6. The Bertz CT molecular complexity index is 639. The molecule has 1 aromatic heterocycles. The molecule has 0 radical (unpaired) electrons. The van der Waals surface area contributed by atoms with E-state index < -0.39 is 4.92 Å². The molecule has 0 fully saturated rings. The van der Waals surface area contributed by atoms with E-state index in [1.54, 1.807) is 25.1 Å². The van der Waals surface area contributed by atoms with E-state index in [-0.39, 0.29) is 24.1 Å². The Balaban J connectivity index is 2.23. The molecule has 0 saturated carbocycles. The van der Waals surface area contributed by atoms with Gasteiger partial charge in [0.1, 0.15) is 5.69 Å². The number of nitro benzene ring substituents is 1. The van der Waals surface area contributed by atoms with E-state index in [4.69, 9.17) is 9.26 Å². The van der Waals surface area contributed by atoms with Gasteiger partial charge in [-0.15, -0.1) is 0 Å². The molecule has 0 atom stereocenters. The Morgan fingerprint density at radius 1 is 1.48 bits per heavy atom. The maximum atomic E-state index is 11.3. The van der Waals surface area contributed by atoms with Gasteiger partial charge >= 0.3 is 5.69 Å². The third-order valence-electron chi connectivity index (χ3n) is 2.55. The van der Waals surface area contributed by atoms with Crippen molar-refractivity contribution in [1.29, 1.82) is 0 Å². The van der Waals surface area contributed by atoms with Crippen LogP contribution in [0.4, 0.5) is 11.4 Å². The molecule has 112 valence electrons. The monoisotopic (exact) mass is 292 g/mol. The molecule has 0 aliphatic heterocycles. The van der Waals surface area contributed by atoms with Crippen molar-refractivity contribution >= 4 is 11.4 Å². The summed E-state index contributed by atoms with van der Waals surface area (Å²) in [6, 6.07) is 4.87. The molecule has 0 bridgehead atoms. The summed E-state index contributed by atoms with van der Waals surface area (Å²) in [7, 11) is 0. The summed E-state index contributed by atoms with van der Waals surface area (Å²) >= 11 is 0. The van der Waals surface area contributed by atoms with Crippen LogP contribution in [0.25, 0.3) is 0 Å². The summed E-state index contributed by atoms with van der Waals surface area (Å²) in [6.07, 6.45) is -0.154. The standard InChI is InChI=1S/C13H16N4O4/c1-8(2)20-11-6-4-5-10(13(11)17(18)19)14-7-12-15-9(3)21-16-12/h4-6,8,14H,7H2,1-3H3. The lowest BCUT2D eigenvalue weighted by molar-refractivity contribution is -0.385. The molecule has 0 aliphatic carbocycles. The topological polar surface area (TPSA) is 103 Å². The van der Waals surface area contributed by atoms with Gasteiger partial charge < -0.3 is 14.6 Å². The number of nitrogens with zero attached hydrogens (tertiary/aromatic N) is 3. The molecule has 8 nitrogen and oxygen atoms in total. The van der Waals surface area contributed by atoms with E-state index in [0.29, 0.717) is 17.4 Å². The van der Waals surface area contributed by atoms with Gasteiger partial charge in [-0.05, 0) is 26.0 Å². The van der Waals surface area contributed by atoms with Crippen LogP contribution >= 0.6 is 0 Å². The van der Waals surface area contributed by atoms with Crippen LogP contribution in [-0.2, 0) is 6.54 Å². The molecule has 2 rings (SSSR count). The molecule has 0 unspecified atom stereocenters. The SMILES string of the molecule is Cc1nc(CNc2cccc(OC(C)C)c2[N+](=O)[O-])no1. The largest absolute Gasteiger partial charge is 0.484 e. The highest BCUT2D eigenvalue weighted by Crippen LogP contribution is 2.35. The number of hydrogen-bond acceptors (Lipinski definition) is 7. The van der Waals surface area contributed by atoms with Gasteiger partial charge in [0.15, 0.2) is 11.6 Å². The van der Waals surface area contributed by atoms with Gasteiger partial charge in [-0.3, -0.25) is 10.1 Å². The molecular formula is C13H16N4O4. The second kappa shape index (κ2) is 6.21. The Morgan fingerprint density at radius 2 is 2.24 bits per heavy atom. The Hall–Kier alpha value is -2.64. The minimum absolute atomic E-state index is 0.105. The van der Waals surface area contributed by atoms with Crippen molar-refractivity contribution in [3.05, 3.63) is 40.0 Å². The lowest BCUT2D eigenvalue weighted by Crippen LogP contribution is -2.09. The quantitative estimate of drug-likeness (QED) is 0.644. The number of para-hydroxylation sites is 1. The highest BCUT2D eigenvalue weighted by molar-refractivity contribution is 5.68. The number of aromatic nitrogens is 2. The fourth-order valence-corrected chi connectivity index (χ4v) is 1.79. The molecule has 0 saturated heterocycles. The number of nitrogens with one attached hydrogen (secondary N) is 1. The van der Waals surface area contributed by atoms with Crippen molar-refractivity contribution in [2.24, 2.45) is 0 Å². The molecule has 0 amide bonds. The Kier molecular flexibility index (Phi) is 4.36. The molecule has 0 spiro atoms. The summed E-state index contributed by atoms with van der Waals surface area (Å²) in [5, 5.41) is 17.9. The van der Waals surface area contributed by atoms with Crippen LogP contribution in [0.2, 0.25) is 0 Å². The normalized spacial score (nSPS) is 10.7. The van der Waals surface area contributed by atoms with Crippen LogP contribution in [0.1, 0.15) is 25.6 Å². The van der Waals surface area contributed by atoms with Crippen LogP contribution in [-0.4, -0.2) is 21.2 Å². The van der Waals surface area contributed by atoms with Crippen molar-refractivity contribution in [3.8, 4) is 5.75 Å². The zero-order valence-electron chi connectivity index (χ0n) is 12.0. The minimum Gasteiger partial charge on any atom is -0.484 e. The van der Waals surface area contributed by atoms with Gasteiger partial charge in [0.05, 0.1) is 17.6 Å². The summed E-state index contributed by atoms with van der Waals surface area (Å²) in [5.74, 6) is 1.10. The first-order chi connectivity index (χ1) is 9.97. The lowest BCUT2D eigenvalue weighted by atomic mass is 10.2. The number of benzene rings is 1. The summed E-state index contributed by atoms with van der Waals surface area (Å²) in [6.45, 7) is 5.52. The summed E-state index contributed by atoms with van der Waals surface area (Å²) in [5.41, 5.74) is 0.243. The Morgan fingerprint density at radius 3 is 2.81 bits per heavy atom. The van der Waals surface area contributed by atoms with E-state index >= 15 is 0 Å². The molecule has 0 aliphatic rings. The second-order valence-corrected chi connectivity index (χ2v) is 4.66. The van der Waals surface area contributed by atoms with Crippen molar-refractivity contribution in [1.82, 2.24) is 10.1 Å². The highest BCUT2D eigenvalue weighted by atomic mass is 16.6. The smallest absolute Gasteiger partial charge is 0.333 e. The van der Waals surface area contributed by atoms with Gasteiger partial charge in [-0.2, -0.15) is 4.98 Å². The van der Waals surface area contributed by atoms with Gasteiger partial charge in [-0.25, -0.2) is 0 Å². The predicted octanol–water partition coefficient (Wildman–Crippen LogP) is 2.69. The highest BCUT2D eigenvalue weighted by Gasteiger charge is 2.22. The van der Waals surface area contributed by atoms with E-state index in [9.17, 15) is 10.1 Å². The number of anilines is 1. The molecule has 21 heavy (non-hydrogen) atoms. The predicted molar refractivity (Wildman–Crippen MR) is 75.2 cm³/mol. The first-order valence-electron chi connectivity index (χ1n) is 6.44. The van der Waals surface area contributed by atoms with Crippen LogP contribution in [0.15, 0.2) is 22.7 Å². The van der Waals surface area contributed by atoms with E-state index in [1.165, 1.54) is 0 Å². The molecule has 1 N–H and O–H groups in total. The molecule has 8 heteroatoms. The maximum absolute atomic E-state index is 11.3. The third-order valence-corrected chi connectivity index (χ3v) is 2.55. The third kappa shape index (κ3) is 3.68. The minimum atomic E-state index is -0.471. The molecular weight excluding hydrogens is 276 g/mol. The zero-order chi connectivity index (χ0) is 15.4. The second-order valence-electron chi connectivity index (χ2n) is 4.66. The Labute approximate surface area is 121 Å². The number of hydrogen-bond donors (Lipinski definition) is 1. The molecule has 2 aromatic rings.